The summed E-state index contributed by atoms with van der Waals surface area (Å²) in [5.74, 6) is -1.71. The van der Waals surface area contributed by atoms with Crippen LogP contribution in [0, 0.1) is 0 Å². The third kappa shape index (κ3) is 3.01. The fraction of sp³-hybridized carbons (Fsp3) is 0.222. The molecule has 1 rings (SSSR count). The number of hydrogen-bond acceptors (Lipinski definition) is 1. The van der Waals surface area contributed by atoms with Gasteiger partial charge in [-0.05, 0) is 28.1 Å². The largest absolute Gasteiger partial charge is 0.416 e. The van der Waals surface area contributed by atoms with Gasteiger partial charge in [-0.1, -0.05) is 12.1 Å². The summed E-state index contributed by atoms with van der Waals surface area (Å²) in [5.41, 5.74) is -1.84. The predicted octanol–water partition coefficient (Wildman–Crippen LogP) is 3.88. The van der Waals surface area contributed by atoms with Gasteiger partial charge in [0.25, 0.3) is 0 Å². The van der Waals surface area contributed by atoms with Crippen molar-refractivity contribution in [3.05, 3.63) is 35.4 Å². The Morgan fingerprint density at radius 1 is 1.12 bits per heavy atom. The van der Waals surface area contributed by atoms with Gasteiger partial charge in [-0.3, -0.25) is 4.79 Å². The van der Waals surface area contributed by atoms with Crippen molar-refractivity contribution in [2.45, 2.75) is 11.0 Å². The Kier molecular flexibility index (Phi) is 3.37. The highest BCUT2D eigenvalue weighted by Gasteiger charge is 2.37. The molecule has 16 heavy (non-hydrogen) atoms. The maximum Gasteiger partial charge on any atom is 0.416 e. The number of Topliss-reactive ketones (excluding diaryl/α,β-unsaturated/α-hetero) is 1. The average Bonchev–Trinajstić information content (AvgIpc) is 2.14. The molecule has 1 aromatic rings. The smallest absolute Gasteiger partial charge is 0.286 e. The van der Waals surface area contributed by atoms with E-state index in [0.717, 1.165) is 12.1 Å². The van der Waals surface area contributed by atoms with E-state index in [4.69, 9.17) is 0 Å². The van der Waals surface area contributed by atoms with Gasteiger partial charge < -0.3 is 0 Å². The lowest BCUT2D eigenvalue weighted by atomic mass is 10.1. The highest BCUT2D eigenvalue weighted by molar-refractivity contribution is 9.10. The number of ketones is 1. The quantitative estimate of drug-likeness (QED) is 0.460. The number of benzene rings is 1. The summed E-state index contributed by atoms with van der Waals surface area (Å²) in [6.07, 6.45) is -4.67. The minimum atomic E-state index is -4.67. The summed E-state index contributed by atoms with van der Waals surface area (Å²) < 4.78 is 61.7. The van der Waals surface area contributed by atoms with Gasteiger partial charge in [0.15, 0.2) is 0 Å². The first kappa shape index (κ1) is 13.1. The maximum absolute atomic E-state index is 12.5. The van der Waals surface area contributed by atoms with Gasteiger partial charge in [-0.2, -0.15) is 22.0 Å². The number of rotatable bonds is 2. The van der Waals surface area contributed by atoms with Gasteiger partial charge >= 0.3 is 11.0 Å². The van der Waals surface area contributed by atoms with Crippen molar-refractivity contribution in [2.75, 3.05) is 0 Å². The van der Waals surface area contributed by atoms with Crippen molar-refractivity contribution in [1.82, 2.24) is 0 Å². The lowest BCUT2D eigenvalue weighted by molar-refractivity contribution is -0.137. The van der Waals surface area contributed by atoms with Gasteiger partial charge in [-0.15, -0.1) is 0 Å². The molecule has 1 nitrogen and oxygen atoms in total. The van der Waals surface area contributed by atoms with Crippen molar-refractivity contribution in [3.8, 4) is 0 Å². The second kappa shape index (κ2) is 4.12. The zero-order chi connectivity index (χ0) is 12.6. The van der Waals surface area contributed by atoms with E-state index < -0.39 is 27.9 Å². The first-order valence-corrected chi connectivity index (χ1v) is 4.70. The van der Waals surface area contributed by atoms with Crippen LogP contribution in [0.4, 0.5) is 22.0 Å². The molecule has 0 N–H and O–H groups in total. The first-order chi connectivity index (χ1) is 7.12. The molecule has 0 saturated heterocycles. The van der Waals surface area contributed by atoms with Crippen LogP contribution in [0.5, 0.6) is 0 Å². The molecule has 0 aliphatic rings. The zero-order valence-electron chi connectivity index (χ0n) is 7.49. The Morgan fingerprint density at radius 3 is 2.12 bits per heavy atom. The summed E-state index contributed by atoms with van der Waals surface area (Å²) in [6.45, 7) is 0. The molecule has 0 aromatic heterocycles. The van der Waals surface area contributed by atoms with E-state index in [1.807, 2.05) is 0 Å². The molecule has 0 unspecified atom stereocenters. The van der Waals surface area contributed by atoms with Crippen LogP contribution in [0.2, 0.25) is 0 Å². The summed E-state index contributed by atoms with van der Waals surface area (Å²) in [6, 6.07) is 2.88. The van der Waals surface area contributed by atoms with Gasteiger partial charge in [-0.25, -0.2) is 0 Å². The van der Waals surface area contributed by atoms with Gasteiger partial charge in [0.1, 0.15) is 0 Å². The van der Waals surface area contributed by atoms with Crippen LogP contribution in [0.15, 0.2) is 24.3 Å². The molecular formula is C9H4BrF5O. The van der Waals surface area contributed by atoms with Gasteiger partial charge in [0.05, 0.1) is 5.56 Å². The second-order valence-electron chi connectivity index (χ2n) is 2.91. The number of hydrogen-bond donors (Lipinski definition) is 0. The van der Waals surface area contributed by atoms with Crippen molar-refractivity contribution >= 4 is 21.7 Å². The molecule has 0 aliphatic carbocycles. The van der Waals surface area contributed by atoms with Crippen LogP contribution >= 0.6 is 15.9 Å². The predicted molar refractivity (Wildman–Crippen MR) is 49.6 cm³/mol. The summed E-state index contributed by atoms with van der Waals surface area (Å²) in [5, 5.41) is 0. The van der Waals surface area contributed by atoms with E-state index in [0.29, 0.717) is 12.1 Å². The zero-order valence-corrected chi connectivity index (χ0v) is 9.07. The monoisotopic (exact) mass is 302 g/mol. The standard InChI is InChI=1S/C9H4BrF5O/c10-8(11,12)7(16)5-2-1-3-6(4-5)9(13,14)15/h1-4H. The first-order valence-electron chi connectivity index (χ1n) is 3.91. The van der Waals surface area contributed by atoms with E-state index in [9.17, 15) is 26.7 Å². The van der Waals surface area contributed by atoms with Crippen LogP contribution in [0.25, 0.3) is 0 Å². The number of alkyl halides is 6. The van der Waals surface area contributed by atoms with Gasteiger partial charge in [0.2, 0.25) is 5.78 Å². The highest BCUT2D eigenvalue weighted by Crippen LogP contribution is 2.32. The Morgan fingerprint density at radius 2 is 1.69 bits per heavy atom. The van der Waals surface area contributed by atoms with Crippen LogP contribution in [0.3, 0.4) is 0 Å². The van der Waals surface area contributed by atoms with Gasteiger partial charge in [0, 0.05) is 5.56 Å². The van der Waals surface area contributed by atoms with Crippen LogP contribution in [0.1, 0.15) is 15.9 Å². The summed E-state index contributed by atoms with van der Waals surface area (Å²) >= 11 is 1.79. The number of halogens is 6. The Labute approximate surface area is 95.4 Å². The SMILES string of the molecule is O=C(c1cccc(C(F)(F)F)c1)C(F)(F)Br. The Hall–Kier alpha value is -0.980. The molecule has 0 bridgehead atoms. The van der Waals surface area contributed by atoms with E-state index in [1.54, 1.807) is 15.9 Å². The number of carbonyl (C=O) groups excluding carboxylic acids is 1. The van der Waals surface area contributed by atoms with E-state index in [-0.39, 0.29) is 0 Å². The minimum Gasteiger partial charge on any atom is -0.286 e. The second-order valence-corrected chi connectivity index (χ2v) is 3.90. The summed E-state index contributed by atoms with van der Waals surface area (Å²) in [7, 11) is 0. The number of carbonyl (C=O) groups is 1. The Balaban J connectivity index is 3.14. The van der Waals surface area contributed by atoms with Crippen LogP contribution < -0.4 is 0 Å². The lowest BCUT2D eigenvalue weighted by Gasteiger charge is -2.10. The molecule has 0 aliphatic heterocycles. The molecule has 1 aromatic carbocycles. The van der Waals surface area contributed by atoms with Crippen LogP contribution in [-0.4, -0.2) is 10.6 Å². The molecule has 0 radical (unpaired) electrons. The maximum atomic E-state index is 12.5. The summed E-state index contributed by atoms with van der Waals surface area (Å²) in [4.78, 5) is 7.12. The molecule has 0 amide bonds. The van der Waals surface area contributed by atoms with E-state index in [1.165, 1.54) is 0 Å². The minimum absolute atomic E-state index is 0.386. The molecule has 0 spiro atoms. The lowest BCUT2D eigenvalue weighted by Crippen LogP contribution is -2.21. The molecular weight excluding hydrogens is 299 g/mol. The molecule has 0 heterocycles. The topological polar surface area (TPSA) is 17.1 Å². The van der Waals surface area contributed by atoms with Crippen molar-refractivity contribution in [2.24, 2.45) is 0 Å². The van der Waals surface area contributed by atoms with Crippen molar-refractivity contribution < 1.29 is 26.7 Å². The highest BCUT2D eigenvalue weighted by atomic mass is 79.9. The molecule has 88 valence electrons. The third-order valence-electron chi connectivity index (χ3n) is 1.71. The molecule has 0 saturated carbocycles. The normalized spacial score (nSPS) is 12.6. The fourth-order valence-electron chi connectivity index (χ4n) is 1.00. The third-order valence-corrected chi connectivity index (χ3v) is 2.07. The molecule has 7 heteroatoms. The molecule has 0 fully saturated rings. The fourth-order valence-corrected chi connectivity index (χ4v) is 1.23. The van der Waals surface area contributed by atoms with Crippen molar-refractivity contribution in [3.63, 3.8) is 0 Å². The van der Waals surface area contributed by atoms with E-state index >= 15 is 0 Å². The average molecular weight is 303 g/mol. The van der Waals surface area contributed by atoms with Crippen LogP contribution in [-0.2, 0) is 6.18 Å². The van der Waals surface area contributed by atoms with Crippen molar-refractivity contribution in [1.29, 1.82) is 0 Å². The molecule has 0 atom stereocenters. The Bertz CT molecular complexity index is 407. The van der Waals surface area contributed by atoms with E-state index in [2.05, 4.69) is 0 Å².